The number of carboxylic acid groups (broad SMARTS) is 1. The SMILES string of the molecule is O=C(O)C1CCCC(C(=O)Nc2cccc(C(=O)N3CCCCC3)c2)C1. The van der Waals surface area contributed by atoms with Gasteiger partial charge in [-0.15, -0.1) is 0 Å². The molecule has 26 heavy (non-hydrogen) atoms. The van der Waals surface area contributed by atoms with Crippen LogP contribution in [0.1, 0.15) is 55.3 Å². The number of hydrogen-bond donors (Lipinski definition) is 2. The second-order valence-electron chi connectivity index (χ2n) is 7.32. The van der Waals surface area contributed by atoms with Crippen LogP contribution in [0.3, 0.4) is 0 Å². The zero-order chi connectivity index (χ0) is 18.5. The normalized spacial score (nSPS) is 23.3. The Hall–Kier alpha value is -2.37. The minimum Gasteiger partial charge on any atom is -0.481 e. The molecule has 1 aromatic carbocycles. The lowest BCUT2D eigenvalue weighted by Gasteiger charge is -2.27. The third-order valence-electron chi connectivity index (χ3n) is 5.41. The Bertz CT molecular complexity index is 682. The van der Waals surface area contributed by atoms with Crippen molar-refractivity contribution in [2.75, 3.05) is 18.4 Å². The molecular formula is C20H26N2O4. The van der Waals surface area contributed by atoms with E-state index in [-0.39, 0.29) is 17.7 Å². The van der Waals surface area contributed by atoms with Crippen molar-refractivity contribution in [1.82, 2.24) is 4.90 Å². The number of carbonyl (C=O) groups is 3. The average molecular weight is 358 g/mol. The molecule has 6 heteroatoms. The first kappa shape index (κ1) is 18.4. The predicted octanol–water partition coefficient (Wildman–Crippen LogP) is 3.14. The standard InChI is InChI=1S/C20H26N2O4/c23-18(14-6-4-8-16(12-14)20(25)26)21-17-9-5-7-15(13-17)19(24)22-10-2-1-3-11-22/h5,7,9,13-14,16H,1-4,6,8,10-12H2,(H,21,23)(H,25,26). The van der Waals surface area contributed by atoms with Gasteiger partial charge in [-0.05, 0) is 56.7 Å². The van der Waals surface area contributed by atoms with Crippen molar-refractivity contribution >= 4 is 23.5 Å². The molecule has 2 fully saturated rings. The molecule has 2 N–H and O–H groups in total. The van der Waals surface area contributed by atoms with Crippen molar-refractivity contribution in [3.05, 3.63) is 29.8 Å². The molecule has 6 nitrogen and oxygen atoms in total. The molecule has 1 aliphatic heterocycles. The third-order valence-corrected chi connectivity index (χ3v) is 5.41. The number of amides is 2. The van der Waals surface area contributed by atoms with Crippen LogP contribution in [0, 0.1) is 11.8 Å². The summed E-state index contributed by atoms with van der Waals surface area (Å²) in [5, 5.41) is 12.0. The molecule has 1 heterocycles. The first-order valence-corrected chi connectivity index (χ1v) is 9.47. The van der Waals surface area contributed by atoms with E-state index < -0.39 is 11.9 Å². The fraction of sp³-hybridized carbons (Fsp3) is 0.550. The van der Waals surface area contributed by atoms with Crippen LogP contribution in [0.2, 0.25) is 0 Å². The highest BCUT2D eigenvalue weighted by Gasteiger charge is 2.31. The van der Waals surface area contributed by atoms with E-state index in [1.807, 2.05) is 4.90 Å². The number of carbonyl (C=O) groups excluding carboxylic acids is 2. The van der Waals surface area contributed by atoms with Gasteiger partial charge < -0.3 is 15.3 Å². The van der Waals surface area contributed by atoms with E-state index in [9.17, 15) is 19.5 Å². The number of nitrogens with one attached hydrogen (secondary N) is 1. The first-order valence-electron chi connectivity index (χ1n) is 9.47. The summed E-state index contributed by atoms with van der Waals surface area (Å²) >= 11 is 0. The number of carboxylic acids is 1. The van der Waals surface area contributed by atoms with Crippen molar-refractivity contribution < 1.29 is 19.5 Å². The molecule has 3 rings (SSSR count). The molecule has 2 amide bonds. The van der Waals surface area contributed by atoms with Gasteiger partial charge >= 0.3 is 5.97 Å². The van der Waals surface area contributed by atoms with Crippen LogP contribution in [0.15, 0.2) is 24.3 Å². The number of benzene rings is 1. The zero-order valence-electron chi connectivity index (χ0n) is 14.9. The minimum absolute atomic E-state index is 0.00408. The topological polar surface area (TPSA) is 86.7 Å². The molecule has 2 atom stereocenters. The van der Waals surface area contributed by atoms with Gasteiger partial charge in [0.2, 0.25) is 5.91 Å². The van der Waals surface area contributed by atoms with Gasteiger partial charge in [0, 0.05) is 30.3 Å². The maximum absolute atomic E-state index is 12.6. The highest BCUT2D eigenvalue weighted by Crippen LogP contribution is 2.30. The molecule has 1 saturated heterocycles. The maximum atomic E-state index is 12.6. The van der Waals surface area contributed by atoms with E-state index in [4.69, 9.17) is 0 Å². The lowest BCUT2D eigenvalue weighted by Crippen LogP contribution is -2.35. The van der Waals surface area contributed by atoms with Crippen LogP contribution < -0.4 is 5.32 Å². The van der Waals surface area contributed by atoms with E-state index in [1.54, 1.807) is 24.3 Å². The van der Waals surface area contributed by atoms with Crippen LogP contribution >= 0.6 is 0 Å². The minimum atomic E-state index is -0.823. The Morgan fingerprint density at radius 3 is 2.46 bits per heavy atom. The maximum Gasteiger partial charge on any atom is 0.306 e. The van der Waals surface area contributed by atoms with Gasteiger partial charge in [-0.3, -0.25) is 14.4 Å². The van der Waals surface area contributed by atoms with E-state index in [2.05, 4.69) is 5.32 Å². The van der Waals surface area contributed by atoms with E-state index in [1.165, 1.54) is 6.42 Å². The summed E-state index contributed by atoms with van der Waals surface area (Å²) in [6.07, 6.45) is 5.72. The number of piperidine rings is 1. The molecule has 0 aromatic heterocycles. The van der Waals surface area contributed by atoms with Gasteiger partial charge in [0.25, 0.3) is 5.91 Å². The number of rotatable bonds is 4. The fourth-order valence-corrected chi connectivity index (χ4v) is 3.91. The lowest BCUT2D eigenvalue weighted by molar-refractivity contribution is -0.143. The van der Waals surface area contributed by atoms with Gasteiger partial charge in [0.1, 0.15) is 0 Å². The highest BCUT2D eigenvalue weighted by molar-refractivity contribution is 5.97. The van der Waals surface area contributed by atoms with Crippen LogP contribution in [-0.2, 0) is 9.59 Å². The molecule has 0 radical (unpaired) electrons. The van der Waals surface area contributed by atoms with Crippen molar-refractivity contribution in [2.45, 2.75) is 44.9 Å². The fourth-order valence-electron chi connectivity index (χ4n) is 3.91. The smallest absolute Gasteiger partial charge is 0.306 e. The van der Waals surface area contributed by atoms with Crippen LogP contribution in [0.5, 0.6) is 0 Å². The summed E-state index contributed by atoms with van der Waals surface area (Å²) < 4.78 is 0. The summed E-state index contributed by atoms with van der Waals surface area (Å²) in [6, 6.07) is 7.02. The zero-order valence-corrected chi connectivity index (χ0v) is 14.9. The van der Waals surface area contributed by atoms with Crippen molar-refractivity contribution in [3.8, 4) is 0 Å². The number of likely N-dealkylation sites (tertiary alicyclic amines) is 1. The van der Waals surface area contributed by atoms with Gasteiger partial charge in [0.05, 0.1) is 5.92 Å². The number of aliphatic carboxylic acids is 1. The van der Waals surface area contributed by atoms with Gasteiger partial charge in [-0.2, -0.15) is 0 Å². The first-order chi connectivity index (χ1) is 12.5. The molecule has 1 saturated carbocycles. The van der Waals surface area contributed by atoms with E-state index >= 15 is 0 Å². The summed E-state index contributed by atoms with van der Waals surface area (Å²) in [5.41, 5.74) is 1.17. The Labute approximate surface area is 153 Å². The predicted molar refractivity (Wildman–Crippen MR) is 97.9 cm³/mol. The molecule has 0 bridgehead atoms. The Balaban J connectivity index is 1.63. The van der Waals surface area contributed by atoms with Crippen LogP contribution in [-0.4, -0.2) is 40.9 Å². The number of nitrogens with zero attached hydrogens (tertiary/aromatic N) is 1. The third kappa shape index (κ3) is 4.42. The largest absolute Gasteiger partial charge is 0.481 e. The molecule has 1 aliphatic carbocycles. The van der Waals surface area contributed by atoms with Crippen molar-refractivity contribution in [2.24, 2.45) is 11.8 Å². The lowest BCUT2D eigenvalue weighted by atomic mass is 9.81. The summed E-state index contributed by atoms with van der Waals surface area (Å²) in [4.78, 5) is 38.2. The summed E-state index contributed by atoms with van der Waals surface area (Å²) in [6.45, 7) is 1.57. The van der Waals surface area contributed by atoms with Gasteiger partial charge in [0.15, 0.2) is 0 Å². The van der Waals surface area contributed by atoms with Gasteiger partial charge in [-0.1, -0.05) is 12.5 Å². The highest BCUT2D eigenvalue weighted by atomic mass is 16.4. The Morgan fingerprint density at radius 1 is 1.00 bits per heavy atom. The molecule has 0 spiro atoms. The van der Waals surface area contributed by atoms with Crippen molar-refractivity contribution in [1.29, 1.82) is 0 Å². The second kappa shape index (κ2) is 8.34. The molecule has 2 unspecified atom stereocenters. The van der Waals surface area contributed by atoms with Crippen molar-refractivity contribution in [3.63, 3.8) is 0 Å². The monoisotopic (exact) mass is 358 g/mol. The quantitative estimate of drug-likeness (QED) is 0.866. The molecule has 1 aromatic rings. The Morgan fingerprint density at radius 2 is 1.73 bits per heavy atom. The van der Waals surface area contributed by atoms with Gasteiger partial charge in [-0.25, -0.2) is 0 Å². The van der Waals surface area contributed by atoms with E-state index in [0.717, 1.165) is 32.4 Å². The molecular weight excluding hydrogens is 332 g/mol. The summed E-state index contributed by atoms with van der Waals surface area (Å²) in [5.74, 6) is -1.70. The van der Waals surface area contributed by atoms with Crippen LogP contribution in [0.25, 0.3) is 0 Å². The molecule has 2 aliphatic rings. The Kier molecular flexibility index (Phi) is 5.91. The molecule has 140 valence electrons. The van der Waals surface area contributed by atoms with Crippen LogP contribution in [0.4, 0.5) is 5.69 Å². The number of hydrogen-bond acceptors (Lipinski definition) is 3. The average Bonchev–Trinajstić information content (AvgIpc) is 2.68. The second-order valence-corrected chi connectivity index (χ2v) is 7.32. The van der Waals surface area contributed by atoms with E-state index in [0.29, 0.717) is 30.5 Å². The summed E-state index contributed by atoms with van der Waals surface area (Å²) in [7, 11) is 0. The number of anilines is 1.